The molecule has 8 heteroatoms. The summed E-state index contributed by atoms with van der Waals surface area (Å²) in [6.45, 7) is 0. The van der Waals surface area contributed by atoms with Gasteiger partial charge in [0.15, 0.2) is 15.7 Å². The predicted molar refractivity (Wildman–Crippen MR) is 95.6 cm³/mol. The topological polar surface area (TPSA) is 106 Å². The summed E-state index contributed by atoms with van der Waals surface area (Å²) >= 11 is 0. The van der Waals surface area contributed by atoms with Crippen molar-refractivity contribution >= 4 is 9.84 Å². The standard InChI is InChI=1S/C18H22N4O3S/c23-18(5-13-1-3-16(18)4-2-13)11-26(24,25)10-14-6-21-17(22-7-14)15-8-19-12-20-9-15/h6-9,12-13,16,23H,1-5,10-11H2. The van der Waals surface area contributed by atoms with Crippen LogP contribution < -0.4 is 0 Å². The molecule has 3 fully saturated rings. The summed E-state index contributed by atoms with van der Waals surface area (Å²) in [7, 11) is -3.45. The normalized spacial score (nSPS) is 28.2. The molecular formula is C18H22N4O3S. The Labute approximate surface area is 152 Å². The molecule has 2 bridgehead atoms. The van der Waals surface area contributed by atoms with Crippen LogP contribution in [0.4, 0.5) is 0 Å². The monoisotopic (exact) mass is 374 g/mol. The van der Waals surface area contributed by atoms with E-state index < -0.39 is 15.4 Å². The molecule has 2 aromatic rings. The van der Waals surface area contributed by atoms with Gasteiger partial charge in [-0.3, -0.25) is 0 Å². The maximum atomic E-state index is 12.7. The first-order chi connectivity index (χ1) is 12.4. The van der Waals surface area contributed by atoms with Crippen LogP contribution in [0.15, 0.2) is 31.1 Å². The number of rotatable bonds is 5. The van der Waals surface area contributed by atoms with Gasteiger partial charge >= 0.3 is 0 Å². The maximum Gasteiger partial charge on any atom is 0.162 e. The lowest BCUT2D eigenvalue weighted by Gasteiger charge is -2.48. The minimum absolute atomic E-state index is 0.110. The van der Waals surface area contributed by atoms with Crippen LogP contribution in [-0.4, -0.2) is 44.8 Å². The van der Waals surface area contributed by atoms with Crippen LogP contribution in [0.5, 0.6) is 0 Å². The molecule has 2 aromatic heterocycles. The third kappa shape index (κ3) is 3.61. The quantitative estimate of drug-likeness (QED) is 0.850. The summed E-state index contributed by atoms with van der Waals surface area (Å²) in [5.74, 6) is 0.707. The molecule has 0 aromatic carbocycles. The molecule has 0 spiro atoms. The summed E-state index contributed by atoms with van der Waals surface area (Å²) in [6.07, 6.45) is 12.4. The first kappa shape index (κ1) is 17.5. The highest BCUT2D eigenvalue weighted by molar-refractivity contribution is 7.90. The van der Waals surface area contributed by atoms with Crippen LogP contribution in [0, 0.1) is 11.8 Å². The van der Waals surface area contributed by atoms with Crippen LogP contribution >= 0.6 is 0 Å². The van der Waals surface area contributed by atoms with Gasteiger partial charge in [-0.1, -0.05) is 0 Å². The molecule has 0 amide bonds. The highest BCUT2D eigenvalue weighted by Crippen LogP contribution is 2.48. The number of aliphatic hydroxyl groups is 1. The number of nitrogens with zero attached hydrogens (tertiary/aromatic N) is 4. The Morgan fingerprint density at radius 3 is 2.27 bits per heavy atom. The van der Waals surface area contributed by atoms with E-state index in [4.69, 9.17) is 0 Å². The van der Waals surface area contributed by atoms with Gasteiger partial charge in [0.1, 0.15) is 6.33 Å². The Hall–Kier alpha value is -1.93. The number of sulfone groups is 1. The number of hydrogen-bond donors (Lipinski definition) is 1. The second-order valence-electron chi connectivity index (χ2n) is 7.60. The highest BCUT2D eigenvalue weighted by atomic mass is 32.2. The summed E-state index contributed by atoms with van der Waals surface area (Å²) < 4.78 is 25.3. The second-order valence-corrected chi connectivity index (χ2v) is 9.66. The first-order valence-corrected chi connectivity index (χ1v) is 10.7. The second kappa shape index (κ2) is 6.66. The van der Waals surface area contributed by atoms with Gasteiger partial charge < -0.3 is 5.11 Å². The molecule has 5 rings (SSSR count). The zero-order valence-electron chi connectivity index (χ0n) is 14.5. The van der Waals surface area contributed by atoms with E-state index in [-0.39, 0.29) is 17.4 Å². The molecule has 1 unspecified atom stereocenters. The van der Waals surface area contributed by atoms with E-state index in [1.54, 1.807) is 12.4 Å². The molecule has 3 aliphatic rings. The van der Waals surface area contributed by atoms with E-state index in [9.17, 15) is 13.5 Å². The average molecular weight is 374 g/mol. The summed E-state index contributed by atoms with van der Waals surface area (Å²) in [6, 6.07) is 0. The van der Waals surface area contributed by atoms with E-state index in [1.807, 2.05) is 0 Å². The molecule has 138 valence electrons. The van der Waals surface area contributed by atoms with Gasteiger partial charge in [0.25, 0.3) is 0 Å². The van der Waals surface area contributed by atoms with Crippen LogP contribution in [0.2, 0.25) is 0 Å². The highest BCUT2D eigenvalue weighted by Gasteiger charge is 2.48. The lowest BCUT2D eigenvalue weighted by Crippen LogP contribution is -2.51. The third-order valence-corrected chi connectivity index (χ3v) is 7.34. The molecule has 1 N–H and O–H groups in total. The molecule has 26 heavy (non-hydrogen) atoms. The van der Waals surface area contributed by atoms with Gasteiger partial charge in [-0.25, -0.2) is 28.4 Å². The van der Waals surface area contributed by atoms with E-state index in [2.05, 4.69) is 19.9 Å². The molecule has 3 aliphatic carbocycles. The van der Waals surface area contributed by atoms with Gasteiger partial charge in [0.2, 0.25) is 0 Å². The van der Waals surface area contributed by atoms with Gasteiger partial charge in [0, 0.05) is 30.4 Å². The smallest absolute Gasteiger partial charge is 0.162 e. The molecule has 0 radical (unpaired) electrons. The maximum absolute atomic E-state index is 12.7. The molecule has 3 saturated carbocycles. The fourth-order valence-electron chi connectivity index (χ4n) is 4.43. The van der Waals surface area contributed by atoms with E-state index in [0.717, 1.165) is 25.7 Å². The van der Waals surface area contributed by atoms with Crippen molar-refractivity contribution in [3.05, 3.63) is 36.7 Å². The molecule has 1 atom stereocenters. The average Bonchev–Trinajstić information content (AvgIpc) is 2.62. The number of fused-ring (bicyclic) bond motifs is 3. The van der Waals surface area contributed by atoms with Crippen LogP contribution in [0.25, 0.3) is 11.4 Å². The van der Waals surface area contributed by atoms with Gasteiger partial charge in [-0.05, 0) is 43.9 Å². The molecule has 7 nitrogen and oxygen atoms in total. The van der Waals surface area contributed by atoms with Crippen molar-refractivity contribution < 1.29 is 13.5 Å². The van der Waals surface area contributed by atoms with Crippen LogP contribution in [0.3, 0.4) is 0 Å². The molecular weight excluding hydrogens is 352 g/mol. The Kier molecular flexibility index (Phi) is 4.48. The fraction of sp³-hybridized carbons (Fsp3) is 0.556. The van der Waals surface area contributed by atoms with Gasteiger partial charge in [0.05, 0.1) is 22.7 Å². The van der Waals surface area contributed by atoms with Crippen molar-refractivity contribution in [2.45, 2.75) is 43.5 Å². The van der Waals surface area contributed by atoms with E-state index >= 15 is 0 Å². The van der Waals surface area contributed by atoms with Gasteiger partial charge in [-0.2, -0.15) is 0 Å². The van der Waals surface area contributed by atoms with Crippen molar-refractivity contribution in [1.82, 2.24) is 19.9 Å². The zero-order chi connectivity index (χ0) is 18.2. The summed E-state index contributed by atoms with van der Waals surface area (Å²) in [5.41, 5.74) is 0.131. The number of aromatic nitrogens is 4. The number of hydrogen-bond acceptors (Lipinski definition) is 7. The van der Waals surface area contributed by atoms with Crippen LogP contribution in [0.1, 0.15) is 37.7 Å². The van der Waals surface area contributed by atoms with Crippen molar-refractivity contribution in [3.8, 4) is 11.4 Å². The van der Waals surface area contributed by atoms with Crippen molar-refractivity contribution in [1.29, 1.82) is 0 Å². The molecule has 0 saturated heterocycles. The van der Waals surface area contributed by atoms with Crippen molar-refractivity contribution in [2.24, 2.45) is 11.8 Å². The Balaban J connectivity index is 1.46. The van der Waals surface area contributed by atoms with Crippen molar-refractivity contribution in [3.63, 3.8) is 0 Å². The van der Waals surface area contributed by atoms with E-state index in [0.29, 0.717) is 29.3 Å². The summed E-state index contributed by atoms with van der Waals surface area (Å²) in [4.78, 5) is 16.3. The SMILES string of the molecule is O=S(=O)(Cc1cnc(-c2cncnc2)nc1)CC1(O)CC2CCC1CC2. The Morgan fingerprint density at radius 1 is 1.04 bits per heavy atom. The Bertz CT molecular complexity index is 865. The third-order valence-electron chi connectivity index (χ3n) is 5.63. The van der Waals surface area contributed by atoms with E-state index in [1.165, 1.54) is 18.7 Å². The Morgan fingerprint density at radius 2 is 1.69 bits per heavy atom. The molecule has 0 aliphatic heterocycles. The first-order valence-electron chi connectivity index (χ1n) is 8.93. The molecule has 2 heterocycles. The fourth-order valence-corrected chi connectivity index (χ4v) is 6.30. The largest absolute Gasteiger partial charge is 0.389 e. The minimum Gasteiger partial charge on any atom is -0.389 e. The van der Waals surface area contributed by atoms with Crippen molar-refractivity contribution in [2.75, 3.05) is 5.75 Å². The summed E-state index contributed by atoms with van der Waals surface area (Å²) in [5, 5.41) is 10.9. The lowest BCUT2D eigenvalue weighted by atomic mass is 9.63. The lowest BCUT2D eigenvalue weighted by molar-refractivity contribution is -0.0801. The predicted octanol–water partition coefficient (Wildman–Crippen LogP) is 1.79. The van der Waals surface area contributed by atoms with Gasteiger partial charge in [-0.15, -0.1) is 0 Å². The van der Waals surface area contributed by atoms with Crippen LogP contribution in [-0.2, 0) is 15.6 Å². The zero-order valence-corrected chi connectivity index (χ0v) is 15.3. The minimum atomic E-state index is -3.45.